The number of aryl methyl sites for hydroxylation is 1. The average Bonchev–Trinajstić information content (AvgIpc) is 3.65. The van der Waals surface area contributed by atoms with Gasteiger partial charge in [-0.25, -0.2) is 0 Å². The Labute approximate surface area is 279 Å². The number of fused-ring (bicyclic) bond motifs is 1. The third kappa shape index (κ3) is 6.62. The van der Waals surface area contributed by atoms with Crippen LogP contribution in [0.15, 0.2) is 121 Å². The Kier molecular flexibility index (Phi) is 9.47. The zero-order chi connectivity index (χ0) is 33.7. The van der Waals surface area contributed by atoms with Crippen LogP contribution in [0.3, 0.4) is 0 Å². The maximum atomic E-state index is 14.1. The fraction of sp³-hybridized carbons (Fsp3) is 0.211. The maximum Gasteiger partial charge on any atom is 0.264 e. The van der Waals surface area contributed by atoms with E-state index in [0.29, 0.717) is 46.8 Å². The number of rotatable bonds is 12. The standard InChI is InChI=1S/C38H38N6O4/c1-26(10-8-9-21-43-24-34(41-42-43)32(25-45)28-13-6-3-7-14-28)38(48)33-22-31(40-36(46)29-15-17-30(39)18-16-29)19-20-35(33)44(37(38)47)23-27-11-4-2-5-12-27/h2-8,10-20,22,24,26,32,45,48H,9,21,23,25,39H2,1H3,(H,40,46)/b10-8+/t26-,32?,38+/m0/s1. The lowest BCUT2D eigenvalue weighted by Crippen LogP contribution is -2.44. The average molecular weight is 643 g/mol. The molecular weight excluding hydrogens is 604 g/mol. The van der Waals surface area contributed by atoms with Crippen LogP contribution >= 0.6 is 0 Å². The van der Waals surface area contributed by atoms with Crippen molar-refractivity contribution in [3.8, 4) is 0 Å². The van der Waals surface area contributed by atoms with E-state index in [-0.39, 0.29) is 25.0 Å². The molecule has 0 radical (unpaired) electrons. The summed E-state index contributed by atoms with van der Waals surface area (Å²) >= 11 is 0. The second-order valence-corrected chi connectivity index (χ2v) is 12.0. The molecule has 0 spiro atoms. The molecule has 5 aromatic rings. The van der Waals surface area contributed by atoms with Gasteiger partial charge in [0.2, 0.25) is 0 Å². The highest BCUT2D eigenvalue weighted by molar-refractivity contribution is 6.09. The smallest absolute Gasteiger partial charge is 0.264 e. The number of amides is 2. The number of carbonyl (C=O) groups is 2. The zero-order valence-electron chi connectivity index (χ0n) is 26.6. The topological polar surface area (TPSA) is 147 Å². The Morgan fingerprint density at radius 3 is 2.42 bits per heavy atom. The van der Waals surface area contributed by atoms with Crippen molar-refractivity contribution in [1.82, 2.24) is 15.0 Å². The van der Waals surface area contributed by atoms with Gasteiger partial charge in [-0.1, -0.05) is 85.0 Å². The molecule has 3 atom stereocenters. The van der Waals surface area contributed by atoms with Crippen LogP contribution in [0, 0.1) is 5.92 Å². The number of carbonyl (C=O) groups excluding carboxylic acids is 2. The number of hydrogen-bond donors (Lipinski definition) is 4. The molecule has 6 rings (SSSR count). The lowest BCUT2D eigenvalue weighted by Gasteiger charge is -2.28. The lowest BCUT2D eigenvalue weighted by molar-refractivity contribution is -0.139. The van der Waals surface area contributed by atoms with Gasteiger partial charge in [0.15, 0.2) is 5.60 Å². The third-order valence-corrected chi connectivity index (χ3v) is 8.79. The van der Waals surface area contributed by atoms with E-state index in [1.165, 1.54) is 0 Å². The van der Waals surface area contributed by atoms with Crippen LogP contribution in [0.1, 0.15) is 52.0 Å². The van der Waals surface area contributed by atoms with E-state index in [2.05, 4.69) is 15.6 Å². The molecule has 244 valence electrons. The van der Waals surface area contributed by atoms with Gasteiger partial charge in [-0.3, -0.25) is 14.3 Å². The highest BCUT2D eigenvalue weighted by Crippen LogP contribution is 2.47. The van der Waals surface area contributed by atoms with E-state index in [4.69, 9.17) is 5.73 Å². The maximum absolute atomic E-state index is 14.1. The molecule has 2 amide bonds. The second-order valence-electron chi connectivity index (χ2n) is 12.0. The molecule has 10 nitrogen and oxygen atoms in total. The number of nitrogens with one attached hydrogen (secondary N) is 1. The van der Waals surface area contributed by atoms with Gasteiger partial charge in [0.05, 0.1) is 30.5 Å². The van der Waals surface area contributed by atoms with Crippen LogP contribution in [0.2, 0.25) is 0 Å². The predicted octanol–water partition coefficient (Wildman–Crippen LogP) is 5.25. The van der Waals surface area contributed by atoms with Gasteiger partial charge < -0.3 is 26.2 Å². The van der Waals surface area contributed by atoms with Crippen molar-refractivity contribution in [3.05, 3.63) is 149 Å². The van der Waals surface area contributed by atoms with Crippen LogP contribution in [0.4, 0.5) is 17.1 Å². The molecule has 0 aliphatic carbocycles. The number of nitrogens with two attached hydrogens (primary N) is 1. The number of aliphatic hydroxyl groups excluding tert-OH is 1. The number of nitrogens with zero attached hydrogens (tertiary/aromatic N) is 4. The van der Waals surface area contributed by atoms with Gasteiger partial charge in [0.25, 0.3) is 11.8 Å². The van der Waals surface area contributed by atoms with Crippen LogP contribution in [0.5, 0.6) is 0 Å². The van der Waals surface area contributed by atoms with Crippen molar-refractivity contribution in [2.45, 2.75) is 38.0 Å². The first-order valence-electron chi connectivity index (χ1n) is 15.9. The summed E-state index contributed by atoms with van der Waals surface area (Å²) in [5.74, 6) is -1.63. The van der Waals surface area contributed by atoms with E-state index < -0.39 is 17.4 Å². The fourth-order valence-corrected chi connectivity index (χ4v) is 6.07. The summed E-state index contributed by atoms with van der Waals surface area (Å²) in [6, 6.07) is 31.1. The van der Waals surface area contributed by atoms with Crippen molar-refractivity contribution in [1.29, 1.82) is 0 Å². The molecule has 1 aliphatic heterocycles. The number of anilines is 3. The minimum atomic E-state index is -1.87. The molecule has 4 aromatic carbocycles. The molecule has 48 heavy (non-hydrogen) atoms. The number of aromatic nitrogens is 3. The van der Waals surface area contributed by atoms with Crippen LogP contribution in [-0.2, 0) is 23.5 Å². The Morgan fingerprint density at radius 1 is 1.00 bits per heavy atom. The molecule has 1 unspecified atom stereocenters. The predicted molar refractivity (Wildman–Crippen MR) is 185 cm³/mol. The van der Waals surface area contributed by atoms with Gasteiger partial charge in [-0.2, -0.15) is 0 Å². The summed E-state index contributed by atoms with van der Waals surface area (Å²) in [6.07, 6.45) is 6.16. The number of aliphatic hydroxyl groups is 2. The van der Waals surface area contributed by atoms with Gasteiger partial charge in [0.1, 0.15) is 0 Å². The van der Waals surface area contributed by atoms with Crippen molar-refractivity contribution < 1.29 is 19.8 Å². The molecule has 2 heterocycles. The minimum Gasteiger partial charge on any atom is -0.399 e. The Morgan fingerprint density at radius 2 is 1.71 bits per heavy atom. The van der Waals surface area contributed by atoms with Crippen LogP contribution < -0.4 is 16.0 Å². The monoisotopic (exact) mass is 642 g/mol. The molecule has 1 aromatic heterocycles. The molecule has 5 N–H and O–H groups in total. The zero-order valence-corrected chi connectivity index (χ0v) is 26.6. The highest BCUT2D eigenvalue weighted by atomic mass is 16.3. The SMILES string of the molecule is C[C@@H](/C=C/CCn1cc(C(CO)c2ccccc2)nn1)[C@]1(O)C(=O)N(Cc2ccccc2)c2ccc(NC(=O)c3ccc(N)cc3)cc21. The number of allylic oxidation sites excluding steroid dienone is 1. The Balaban J connectivity index is 1.21. The summed E-state index contributed by atoms with van der Waals surface area (Å²) < 4.78 is 1.72. The quantitative estimate of drug-likeness (QED) is 0.107. The molecular formula is C38H38N6O4. The molecule has 0 saturated heterocycles. The summed E-state index contributed by atoms with van der Waals surface area (Å²) in [4.78, 5) is 28.7. The first-order chi connectivity index (χ1) is 23.3. The van der Waals surface area contributed by atoms with Gasteiger partial charge in [-0.05, 0) is 60.0 Å². The second kappa shape index (κ2) is 14.0. The van der Waals surface area contributed by atoms with Crippen LogP contribution in [-0.4, -0.2) is 43.6 Å². The summed E-state index contributed by atoms with van der Waals surface area (Å²) in [5, 5.41) is 33.6. The van der Waals surface area contributed by atoms with E-state index in [1.54, 1.807) is 52.0 Å². The van der Waals surface area contributed by atoms with E-state index in [1.807, 2.05) is 85.9 Å². The molecule has 0 fully saturated rings. The minimum absolute atomic E-state index is 0.0811. The molecule has 0 saturated carbocycles. The summed E-state index contributed by atoms with van der Waals surface area (Å²) in [5.41, 5.74) is 8.93. The molecule has 10 heteroatoms. The van der Waals surface area contributed by atoms with Gasteiger partial charge in [0, 0.05) is 41.2 Å². The van der Waals surface area contributed by atoms with E-state index in [9.17, 15) is 19.8 Å². The van der Waals surface area contributed by atoms with Crippen molar-refractivity contribution in [3.63, 3.8) is 0 Å². The largest absolute Gasteiger partial charge is 0.399 e. The third-order valence-electron chi connectivity index (χ3n) is 8.79. The van der Waals surface area contributed by atoms with Crippen molar-refractivity contribution in [2.24, 2.45) is 5.92 Å². The molecule has 1 aliphatic rings. The van der Waals surface area contributed by atoms with Gasteiger partial charge in [-0.15, -0.1) is 5.10 Å². The summed E-state index contributed by atoms with van der Waals surface area (Å²) in [6.45, 7) is 2.54. The van der Waals surface area contributed by atoms with E-state index in [0.717, 1.165) is 11.1 Å². The Bertz CT molecular complexity index is 1910. The number of hydrogen-bond acceptors (Lipinski definition) is 7. The first kappa shape index (κ1) is 32.4. The highest BCUT2D eigenvalue weighted by Gasteiger charge is 2.52. The Hall–Kier alpha value is -5.58. The normalized spacial score (nSPS) is 17.0. The van der Waals surface area contributed by atoms with Crippen LogP contribution in [0.25, 0.3) is 0 Å². The van der Waals surface area contributed by atoms with Crippen molar-refractivity contribution in [2.75, 3.05) is 22.6 Å². The first-order valence-corrected chi connectivity index (χ1v) is 15.9. The van der Waals surface area contributed by atoms with E-state index >= 15 is 0 Å². The fourth-order valence-electron chi connectivity index (χ4n) is 6.07. The summed E-state index contributed by atoms with van der Waals surface area (Å²) in [7, 11) is 0. The van der Waals surface area contributed by atoms with Gasteiger partial charge >= 0.3 is 0 Å². The van der Waals surface area contributed by atoms with Crippen molar-refractivity contribution >= 4 is 28.9 Å². The number of nitrogen functional groups attached to an aromatic ring is 1. The molecule has 0 bridgehead atoms. The number of benzene rings is 4. The lowest BCUT2D eigenvalue weighted by atomic mass is 9.82.